The normalized spacial score (nSPS) is 15.6. The maximum atomic E-state index is 12.6. The van der Waals surface area contributed by atoms with Gasteiger partial charge in [0.15, 0.2) is 11.0 Å². The zero-order valence-electron chi connectivity index (χ0n) is 17.1. The summed E-state index contributed by atoms with van der Waals surface area (Å²) in [7, 11) is 2.86. The molecule has 2 heterocycles. The highest BCUT2D eigenvalue weighted by Gasteiger charge is 2.45. The summed E-state index contributed by atoms with van der Waals surface area (Å²) in [4.78, 5) is 39.5. The number of aromatic nitrogens is 2. The SMILES string of the molecule is CN1C(=O)C(C(=O)Nc2ccc(Oc3nnc(C(C)(C)C)s3)cc2)C(=O)N(C)C1=S. The van der Waals surface area contributed by atoms with Crippen LogP contribution in [0.2, 0.25) is 0 Å². The van der Waals surface area contributed by atoms with Crippen molar-refractivity contribution >= 4 is 52.1 Å². The van der Waals surface area contributed by atoms with E-state index in [1.807, 2.05) is 20.8 Å². The third-order valence-electron chi connectivity index (χ3n) is 4.37. The number of nitrogens with zero attached hydrogens (tertiary/aromatic N) is 4. The van der Waals surface area contributed by atoms with Gasteiger partial charge in [0.25, 0.3) is 17.0 Å². The fourth-order valence-corrected chi connectivity index (χ4v) is 3.56. The van der Waals surface area contributed by atoms with Crippen molar-refractivity contribution in [3.63, 3.8) is 0 Å². The highest BCUT2D eigenvalue weighted by molar-refractivity contribution is 7.80. The number of nitrogens with one attached hydrogen (secondary N) is 1. The third kappa shape index (κ3) is 4.31. The molecule has 1 saturated heterocycles. The number of ether oxygens (including phenoxy) is 1. The molecule has 1 N–H and O–H groups in total. The van der Waals surface area contributed by atoms with Gasteiger partial charge in [0.2, 0.25) is 5.91 Å². The molecule has 30 heavy (non-hydrogen) atoms. The van der Waals surface area contributed by atoms with Gasteiger partial charge in [0.05, 0.1) is 0 Å². The molecule has 0 atom stereocenters. The molecular formula is C19H21N5O4S2. The van der Waals surface area contributed by atoms with Crippen molar-refractivity contribution in [2.24, 2.45) is 5.92 Å². The van der Waals surface area contributed by atoms with Gasteiger partial charge in [-0.2, -0.15) is 0 Å². The monoisotopic (exact) mass is 447 g/mol. The molecular weight excluding hydrogens is 426 g/mol. The van der Waals surface area contributed by atoms with E-state index in [1.54, 1.807) is 24.3 Å². The summed E-state index contributed by atoms with van der Waals surface area (Å²) in [5, 5.41) is 12.1. The van der Waals surface area contributed by atoms with Gasteiger partial charge in [-0.25, -0.2) is 0 Å². The Balaban J connectivity index is 1.67. The smallest absolute Gasteiger partial charge is 0.299 e. The Labute approximate surface area is 183 Å². The first-order valence-corrected chi connectivity index (χ1v) is 10.2. The number of thiocarbonyl (C=S) groups is 1. The lowest BCUT2D eigenvalue weighted by molar-refractivity contribution is -0.149. The number of carbonyl (C=O) groups is 3. The van der Waals surface area contributed by atoms with Gasteiger partial charge in [-0.1, -0.05) is 37.2 Å². The van der Waals surface area contributed by atoms with Crippen molar-refractivity contribution in [2.45, 2.75) is 26.2 Å². The molecule has 1 aromatic carbocycles. The minimum absolute atomic E-state index is 0.0573. The van der Waals surface area contributed by atoms with E-state index in [1.165, 1.54) is 25.4 Å². The minimum atomic E-state index is -1.49. The van der Waals surface area contributed by atoms with Crippen LogP contribution in [0.15, 0.2) is 24.3 Å². The van der Waals surface area contributed by atoms with Crippen molar-refractivity contribution in [2.75, 3.05) is 19.4 Å². The fourth-order valence-electron chi connectivity index (χ4n) is 2.61. The Hall–Kier alpha value is -2.92. The molecule has 0 saturated carbocycles. The Kier molecular flexibility index (Phi) is 5.86. The fraction of sp³-hybridized carbons (Fsp3) is 0.368. The van der Waals surface area contributed by atoms with Gasteiger partial charge in [-0.3, -0.25) is 24.2 Å². The molecule has 3 amide bonds. The van der Waals surface area contributed by atoms with Crippen molar-refractivity contribution in [1.29, 1.82) is 0 Å². The average Bonchev–Trinajstić information content (AvgIpc) is 3.15. The number of rotatable bonds is 4. The minimum Gasteiger partial charge on any atom is -0.430 e. The second-order valence-corrected chi connectivity index (χ2v) is 9.05. The van der Waals surface area contributed by atoms with Crippen molar-refractivity contribution in [3.8, 4) is 10.9 Å². The molecule has 0 radical (unpaired) electrons. The van der Waals surface area contributed by atoms with Crippen molar-refractivity contribution in [3.05, 3.63) is 29.3 Å². The average molecular weight is 448 g/mol. The first kappa shape index (κ1) is 21.8. The molecule has 1 fully saturated rings. The van der Waals surface area contributed by atoms with Crippen LogP contribution in [0.5, 0.6) is 10.9 Å². The van der Waals surface area contributed by atoms with Crippen LogP contribution in [0.4, 0.5) is 5.69 Å². The summed E-state index contributed by atoms with van der Waals surface area (Å²) < 4.78 is 5.70. The van der Waals surface area contributed by atoms with E-state index in [0.29, 0.717) is 16.6 Å². The summed E-state index contributed by atoms with van der Waals surface area (Å²) in [6, 6.07) is 6.50. The van der Waals surface area contributed by atoms with Gasteiger partial charge < -0.3 is 10.1 Å². The van der Waals surface area contributed by atoms with Crippen LogP contribution in [0, 0.1) is 5.92 Å². The van der Waals surface area contributed by atoms with Crippen LogP contribution >= 0.6 is 23.6 Å². The van der Waals surface area contributed by atoms with E-state index in [2.05, 4.69) is 15.5 Å². The van der Waals surface area contributed by atoms with Crippen LogP contribution in [-0.4, -0.2) is 56.9 Å². The molecule has 1 aromatic heterocycles. The summed E-state index contributed by atoms with van der Waals surface area (Å²) >= 11 is 6.38. The molecule has 1 aliphatic heterocycles. The molecule has 0 unspecified atom stereocenters. The van der Waals surface area contributed by atoms with Crippen LogP contribution < -0.4 is 10.1 Å². The van der Waals surface area contributed by atoms with Gasteiger partial charge in [-0.05, 0) is 36.5 Å². The Morgan fingerprint density at radius 2 is 1.67 bits per heavy atom. The van der Waals surface area contributed by atoms with E-state index in [9.17, 15) is 14.4 Å². The zero-order valence-corrected chi connectivity index (χ0v) is 18.8. The molecule has 11 heteroatoms. The van der Waals surface area contributed by atoms with Crippen molar-refractivity contribution in [1.82, 2.24) is 20.0 Å². The van der Waals surface area contributed by atoms with E-state index in [4.69, 9.17) is 17.0 Å². The lowest BCUT2D eigenvalue weighted by Crippen LogP contribution is -2.59. The first-order valence-electron chi connectivity index (χ1n) is 9.01. The first-order chi connectivity index (χ1) is 14.0. The number of hydrogen-bond donors (Lipinski definition) is 1. The number of benzene rings is 1. The largest absolute Gasteiger partial charge is 0.430 e. The van der Waals surface area contributed by atoms with Crippen LogP contribution in [0.25, 0.3) is 0 Å². The molecule has 0 bridgehead atoms. The quantitative estimate of drug-likeness (QED) is 0.567. The molecule has 9 nitrogen and oxygen atoms in total. The second-order valence-electron chi connectivity index (χ2n) is 7.75. The Bertz CT molecular complexity index is 989. The summed E-state index contributed by atoms with van der Waals surface area (Å²) in [5.74, 6) is -3.02. The van der Waals surface area contributed by atoms with E-state index >= 15 is 0 Å². The van der Waals surface area contributed by atoms with Gasteiger partial charge in [0.1, 0.15) is 10.8 Å². The molecule has 2 aromatic rings. The predicted molar refractivity (Wildman–Crippen MR) is 115 cm³/mol. The van der Waals surface area contributed by atoms with Gasteiger partial charge in [-0.15, -0.1) is 5.10 Å². The van der Waals surface area contributed by atoms with Crippen molar-refractivity contribution < 1.29 is 19.1 Å². The third-order valence-corrected chi connectivity index (χ3v) is 6.14. The lowest BCUT2D eigenvalue weighted by Gasteiger charge is -2.34. The van der Waals surface area contributed by atoms with E-state index < -0.39 is 23.6 Å². The Morgan fingerprint density at radius 1 is 1.10 bits per heavy atom. The number of amides is 3. The number of carbonyl (C=O) groups excluding carboxylic acids is 3. The van der Waals surface area contributed by atoms with E-state index in [0.717, 1.165) is 14.8 Å². The predicted octanol–water partition coefficient (Wildman–Crippen LogP) is 2.40. The van der Waals surface area contributed by atoms with Gasteiger partial charge in [0, 0.05) is 25.2 Å². The zero-order chi connectivity index (χ0) is 22.2. The van der Waals surface area contributed by atoms with Crippen LogP contribution in [-0.2, 0) is 19.8 Å². The highest BCUT2D eigenvalue weighted by atomic mass is 32.1. The number of hydrogen-bond acceptors (Lipinski definition) is 8. The highest BCUT2D eigenvalue weighted by Crippen LogP contribution is 2.32. The molecule has 0 spiro atoms. The van der Waals surface area contributed by atoms with Crippen LogP contribution in [0.1, 0.15) is 25.8 Å². The maximum absolute atomic E-state index is 12.6. The summed E-state index contributed by atoms with van der Waals surface area (Å²) in [6.07, 6.45) is 0. The second kappa shape index (κ2) is 8.07. The summed E-state index contributed by atoms with van der Waals surface area (Å²) in [5.41, 5.74) is 0.298. The topological polar surface area (TPSA) is 105 Å². The Morgan fingerprint density at radius 3 is 2.17 bits per heavy atom. The number of anilines is 1. The van der Waals surface area contributed by atoms with Gasteiger partial charge >= 0.3 is 0 Å². The van der Waals surface area contributed by atoms with Crippen LogP contribution in [0.3, 0.4) is 0 Å². The standard InChI is InChI=1S/C19H21N5O4S2/c1-19(2,3)16-21-22-17(30-16)28-11-8-6-10(7-9-11)20-13(25)12-14(26)23(4)18(29)24(5)15(12)27/h6-9,12H,1-5H3,(H,20,25). The molecule has 0 aliphatic carbocycles. The summed E-state index contributed by atoms with van der Waals surface area (Å²) in [6.45, 7) is 6.12. The molecule has 3 rings (SSSR count). The maximum Gasteiger partial charge on any atom is 0.299 e. The molecule has 158 valence electrons. The lowest BCUT2D eigenvalue weighted by atomic mass is 9.98. The molecule has 1 aliphatic rings. The van der Waals surface area contributed by atoms with E-state index in [-0.39, 0.29) is 10.5 Å².